The Hall–Kier alpha value is -1.96. The van der Waals surface area contributed by atoms with Gasteiger partial charge < -0.3 is 20.0 Å². The van der Waals surface area contributed by atoms with E-state index in [2.05, 4.69) is 21.7 Å². The largest absolute Gasteiger partial charge is 0.382 e. The van der Waals surface area contributed by atoms with Gasteiger partial charge in [0.1, 0.15) is 0 Å². The maximum Gasteiger partial charge on any atom is 0.246 e. The van der Waals surface area contributed by atoms with Crippen LogP contribution in [0.15, 0.2) is 24.8 Å². The van der Waals surface area contributed by atoms with Crippen molar-refractivity contribution in [2.45, 2.75) is 6.04 Å². The third-order valence-electron chi connectivity index (χ3n) is 5.93. The lowest BCUT2D eigenvalue weighted by Gasteiger charge is -2.48. The number of benzene rings is 1. The molecule has 29 heavy (non-hydrogen) atoms. The number of hydrogen-bond acceptors (Lipinski definition) is 5. The highest BCUT2D eigenvalue weighted by atomic mass is 35.5. The van der Waals surface area contributed by atoms with Crippen molar-refractivity contribution in [3.63, 3.8) is 0 Å². The first-order valence-corrected chi connectivity index (χ1v) is 10.6. The molecule has 0 unspecified atom stereocenters. The van der Waals surface area contributed by atoms with E-state index in [1.807, 2.05) is 17.0 Å². The second-order valence-corrected chi connectivity index (χ2v) is 8.46. The number of carbonyl (C=O) groups excluding carboxylic acids is 2. The second kappa shape index (κ2) is 8.42. The molecule has 0 aliphatic carbocycles. The van der Waals surface area contributed by atoms with Crippen molar-refractivity contribution >= 4 is 46.4 Å². The highest BCUT2D eigenvalue weighted by Crippen LogP contribution is 2.36. The monoisotopic (exact) mass is 437 g/mol. The SMILES string of the molecule is C=CC(=O)N1CC(N2CCN(C(=O)CN3CCNc4cc(Cl)c(Cl)cc43)CC2)C1. The van der Waals surface area contributed by atoms with Gasteiger partial charge in [-0.15, -0.1) is 0 Å². The summed E-state index contributed by atoms with van der Waals surface area (Å²) >= 11 is 12.3. The molecule has 0 aromatic heterocycles. The van der Waals surface area contributed by atoms with Gasteiger partial charge in [0.05, 0.1) is 28.0 Å². The average Bonchev–Trinajstić information content (AvgIpc) is 2.68. The maximum atomic E-state index is 12.9. The Balaban J connectivity index is 1.30. The van der Waals surface area contributed by atoms with Gasteiger partial charge in [-0.2, -0.15) is 0 Å². The van der Waals surface area contributed by atoms with Crippen molar-refractivity contribution < 1.29 is 9.59 Å². The Morgan fingerprint density at radius 2 is 1.76 bits per heavy atom. The summed E-state index contributed by atoms with van der Waals surface area (Å²) in [6.07, 6.45) is 1.36. The Labute approximate surface area is 180 Å². The fourth-order valence-corrected chi connectivity index (χ4v) is 4.47. The zero-order chi connectivity index (χ0) is 20.5. The fourth-order valence-electron chi connectivity index (χ4n) is 4.14. The molecule has 2 amide bonds. The average molecular weight is 438 g/mol. The van der Waals surface area contributed by atoms with Crippen molar-refractivity contribution in [2.24, 2.45) is 0 Å². The van der Waals surface area contributed by atoms with Crippen LogP contribution in [0.4, 0.5) is 11.4 Å². The van der Waals surface area contributed by atoms with Crippen LogP contribution in [0.1, 0.15) is 0 Å². The molecule has 1 N–H and O–H groups in total. The van der Waals surface area contributed by atoms with Crippen molar-refractivity contribution in [3.8, 4) is 0 Å². The molecule has 0 bridgehead atoms. The maximum absolute atomic E-state index is 12.9. The van der Waals surface area contributed by atoms with Gasteiger partial charge in [0.15, 0.2) is 0 Å². The van der Waals surface area contributed by atoms with Crippen molar-refractivity contribution in [1.29, 1.82) is 0 Å². The number of likely N-dealkylation sites (tertiary alicyclic amines) is 1. The van der Waals surface area contributed by atoms with Crippen LogP contribution in [0.2, 0.25) is 10.0 Å². The van der Waals surface area contributed by atoms with Crippen molar-refractivity contribution in [2.75, 3.05) is 69.1 Å². The van der Waals surface area contributed by atoms with Crippen LogP contribution < -0.4 is 10.2 Å². The Kier molecular flexibility index (Phi) is 5.90. The number of fused-ring (bicyclic) bond motifs is 1. The van der Waals surface area contributed by atoms with E-state index in [0.717, 1.165) is 50.6 Å². The van der Waals surface area contributed by atoms with E-state index in [4.69, 9.17) is 23.2 Å². The topological polar surface area (TPSA) is 59.1 Å². The zero-order valence-electron chi connectivity index (χ0n) is 16.2. The predicted octanol–water partition coefficient (Wildman–Crippen LogP) is 1.77. The number of carbonyl (C=O) groups is 2. The summed E-state index contributed by atoms with van der Waals surface area (Å²) in [6.45, 7) is 9.97. The molecule has 7 nitrogen and oxygen atoms in total. The quantitative estimate of drug-likeness (QED) is 0.727. The Bertz CT molecular complexity index is 819. The first-order chi connectivity index (χ1) is 14.0. The summed E-state index contributed by atoms with van der Waals surface area (Å²) < 4.78 is 0. The minimum Gasteiger partial charge on any atom is -0.382 e. The lowest BCUT2D eigenvalue weighted by molar-refractivity contribution is -0.135. The van der Waals surface area contributed by atoms with Crippen LogP contribution in [-0.4, -0.2) is 91.5 Å². The number of anilines is 2. The number of nitrogens with zero attached hydrogens (tertiary/aromatic N) is 4. The molecular formula is C20H25Cl2N5O2. The molecular weight excluding hydrogens is 413 g/mol. The van der Waals surface area contributed by atoms with Crippen molar-refractivity contribution in [3.05, 3.63) is 34.8 Å². The minimum absolute atomic E-state index is 0.00671. The number of amides is 2. The standard InChI is InChI=1S/C20H25Cl2N5O2/c1-2-19(28)27-11-14(12-27)24-5-7-25(8-6-24)20(29)13-26-4-3-23-17-9-15(21)16(22)10-18(17)26/h2,9-10,14,23H,1,3-8,11-13H2. The van der Waals surface area contributed by atoms with Gasteiger partial charge in [-0.1, -0.05) is 29.8 Å². The van der Waals surface area contributed by atoms with Crippen LogP contribution in [-0.2, 0) is 9.59 Å². The molecule has 2 saturated heterocycles. The molecule has 0 atom stereocenters. The first-order valence-electron chi connectivity index (χ1n) is 9.87. The van der Waals surface area contributed by atoms with Crippen LogP contribution in [0.25, 0.3) is 0 Å². The molecule has 3 aliphatic heterocycles. The molecule has 0 radical (unpaired) electrons. The van der Waals surface area contributed by atoms with Crippen LogP contribution in [0.5, 0.6) is 0 Å². The molecule has 1 aromatic rings. The second-order valence-electron chi connectivity index (χ2n) is 7.65. The van der Waals surface area contributed by atoms with Gasteiger partial charge in [0.2, 0.25) is 11.8 Å². The zero-order valence-corrected chi connectivity index (χ0v) is 17.8. The number of hydrogen-bond donors (Lipinski definition) is 1. The minimum atomic E-state index is -0.00671. The number of rotatable bonds is 4. The molecule has 0 spiro atoms. The smallest absolute Gasteiger partial charge is 0.246 e. The molecule has 156 valence electrons. The van der Waals surface area contributed by atoms with Gasteiger partial charge in [0.25, 0.3) is 0 Å². The van der Waals surface area contributed by atoms with Gasteiger partial charge in [-0.25, -0.2) is 0 Å². The van der Waals surface area contributed by atoms with Crippen LogP contribution >= 0.6 is 23.2 Å². The van der Waals surface area contributed by atoms with Crippen LogP contribution in [0, 0.1) is 0 Å². The van der Waals surface area contributed by atoms with E-state index in [9.17, 15) is 9.59 Å². The molecule has 4 rings (SSSR count). The number of nitrogens with one attached hydrogen (secondary N) is 1. The highest BCUT2D eigenvalue weighted by Gasteiger charge is 2.36. The third kappa shape index (κ3) is 4.17. The summed E-state index contributed by atoms with van der Waals surface area (Å²) in [5, 5.41) is 4.31. The molecule has 1 aromatic carbocycles. The highest BCUT2D eigenvalue weighted by molar-refractivity contribution is 6.42. The Morgan fingerprint density at radius 3 is 2.45 bits per heavy atom. The predicted molar refractivity (Wildman–Crippen MR) is 116 cm³/mol. The molecule has 9 heteroatoms. The molecule has 3 aliphatic rings. The lowest BCUT2D eigenvalue weighted by Crippen LogP contribution is -2.64. The lowest BCUT2D eigenvalue weighted by atomic mass is 10.1. The first kappa shape index (κ1) is 20.3. The van der Waals surface area contributed by atoms with E-state index in [-0.39, 0.29) is 11.8 Å². The number of piperazine rings is 1. The third-order valence-corrected chi connectivity index (χ3v) is 6.66. The Morgan fingerprint density at radius 1 is 1.07 bits per heavy atom. The van der Waals surface area contributed by atoms with Gasteiger partial charge in [-0.3, -0.25) is 14.5 Å². The molecule has 0 saturated carbocycles. The summed E-state index contributed by atoms with van der Waals surface area (Å²) in [5.41, 5.74) is 1.82. The van der Waals surface area contributed by atoms with E-state index >= 15 is 0 Å². The van der Waals surface area contributed by atoms with Crippen molar-refractivity contribution in [1.82, 2.24) is 14.7 Å². The van der Waals surface area contributed by atoms with Crippen LogP contribution in [0.3, 0.4) is 0 Å². The van der Waals surface area contributed by atoms with E-state index in [1.165, 1.54) is 6.08 Å². The van der Waals surface area contributed by atoms with Gasteiger partial charge in [0, 0.05) is 58.4 Å². The molecule has 2 fully saturated rings. The van der Waals surface area contributed by atoms with E-state index in [1.54, 1.807) is 4.90 Å². The van der Waals surface area contributed by atoms with E-state index in [0.29, 0.717) is 35.7 Å². The van der Waals surface area contributed by atoms with E-state index < -0.39 is 0 Å². The summed E-state index contributed by atoms with van der Waals surface area (Å²) in [6, 6.07) is 4.03. The normalized spacial score (nSPS) is 20.0. The van der Waals surface area contributed by atoms with Gasteiger partial charge >= 0.3 is 0 Å². The fraction of sp³-hybridized carbons (Fsp3) is 0.500. The van der Waals surface area contributed by atoms with Gasteiger partial charge in [-0.05, 0) is 18.2 Å². The summed E-state index contributed by atoms with van der Waals surface area (Å²) in [4.78, 5) is 32.7. The summed E-state index contributed by atoms with van der Waals surface area (Å²) in [7, 11) is 0. The molecule has 3 heterocycles. The number of halogens is 2. The summed E-state index contributed by atoms with van der Waals surface area (Å²) in [5.74, 6) is 0.119.